The first-order valence-electron chi connectivity index (χ1n) is 9.37. The molecule has 5 unspecified atom stereocenters. The van der Waals surface area contributed by atoms with Crippen LogP contribution in [0.4, 0.5) is 0 Å². The number of aliphatic carboxylic acids is 1. The Kier molecular flexibility index (Phi) is 7.33. The van der Waals surface area contributed by atoms with Crippen molar-refractivity contribution < 1.29 is 34.5 Å². The Morgan fingerprint density at radius 1 is 1.11 bits per heavy atom. The molecule has 0 aromatic heterocycles. The summed E-state index contributed by atoms with van der Waals surface area (Å²) in [6.07, 6.45) is 0.739. The normalized spacial score (nSPS) is 25.3. The fraction of sp³-hybridized carbons (Fsp3) is 0.765. The van der Waals surface area contributed by atoms with E-state index in [1.165, 1.54) is 16.7 Å². The molecule has 6 N–H and O–H groups in total. The van der Waals surface area contributed by atoms with Gasteiger partial charge in [0.25, 0.3) is 0 Å². The van der Waals surface area contributed by atoms with Gasteiger partial charge in [0, 0.05) is 13.1 Å². The van der Waals surface area contributed by atoms with Crippen LogP contribution in [0.15, 0.2) is 0 Å². The lowest BCUT2D eigenvalue weighted by atomic mass is 10.1. The number of likely N-dealkylation sites (tertiary alicyclic amines) is 2. The van der Waals surface area contributed by atoms with Gasteiger partial charge in [0.1, 0.15) is 24.2 Å². The van der Waals surface area contributed by atoms with Gasteiger partial charge in [-0.1, -0.05) is 0 Å². The summed E-state index contributed by atoms with van der Waals surface area (Å²) in [5.41, 5.74) is 5.53. The molecule has 28 heavy (non-hydrogen) atoms. The SMILES string of the molecule is CC(O)C(N)C(=O)NC(CO)C(=O)N1CCCC1C(=O)N1CCCC1C(=O)O. The molecule has 11 nitrogen and oxygen atoms in total. The summed E-state index contributed by atoms with van der Waals surface area (Å²) in [5.74, 6) is -2.95. The number of hydrogen-bond donors (Lipinski definition) is 5. The minimum absolute atomic E-state index is 0.260. The zero-order chi connectivity index (χ0) is 21.0. The number of carboxylic acid groups (broad SMARTS) is 1. The molecule has 0 aromatic rings. The van der Waals surface area contributed by atoms with Gasteiger partial charge < -0.3 is 36.2 Å². The number of amides is 3. The number of carbonyl (C=O) groups excluding carboxylic acids is 3. The molecule has 0 radical (unpaired) electrons. The molecule has 2 saturated heterocycles. The van der Waals surface area contributed by atoms with E-state index in [2.05, 4.69) is 5.32 Å². The molecule has 11 heteroatoms. The van der Waals surface area contributed by atoms with Crippen LogP contribution in [0.3, 0.4) is 0 Å². The predicted molar refractivity (Wildman–Crippen MR) is 95.8 cm³/mol. The molecule has 2 fully saturated rings. The first-order chi connectivity index (χ1) is 13.2. The summed E-state index contributed by atoms with van der Waals surface area (Å²) in [6, 6.07) is -4.30. The van der Waals surface area contributed by atoms with Crippen LogP contribution in [0.5, 0.6) is 0 Å². The Bertz CT molecular complexity index is 627. The molecule has 0 bridgehead atoms. The Morgan fingerprint density at radius 2 is 1.68 bits per heavy atom. The van der Waals surface area contributed by atoms with Crippen LogP contribution in [0.2, 0.25) is 0 Å². The van der Waals surface area contributed by atoms with Crippen molar-refractivity contribution in [2.75, 3.05) is 19.7 Å². The highest BCUT2D eigenvalue weighted by Crippen LogP contribution is 2.25. The maximum atomic E-state index is 12.9. The number of nitrogens with two attached hydrogens (primary N) is 1. The summed E-state index contributed by atoms with van der Waals surface area (Å²) in [6.45, 7) is 1.20. The minimum atomic E-state index is -1.31. The highest BCUT2D eigenvalue weighted by atomic mass is 16.4. The van der Waals surface area contributed by atoms with Gasteiger partial charge in [-0.15, -0.1) is 0 Å². The molecule has 0 spiro atoms. The zero-order valence-electron chi connectivity index (χ0n) is 15.8. The van der Waals surface area contributed by atoms with E-state index in [4.69, 9.17) is 5.73 Å². The Labute approximate surface area is 162 Å². The topological polar surface area (TPSA) is 174 Å². The number of aliphatic hydroxyl groups is 2. The average Bonchev–Trinajstić information content (AvgIpc) is 3.33. The second-order valence-corrected chi connectivity index (χ2v) is 7.23. The Hall–Kier alpha value is -2.24. The number of rotatable bonds is 7. The monoisotopic (exact) mass is 400 g/mol. The molecule has 0 saturated carbocycles. The number of carbonyl (C=O) groups is 4. The van der Waals surface area contributed by atoms with Crippen LogP contribution < -0.4 is 11.1 Å². The van der Waals surface area contributed by atoms with Crippen molar-refractivity contribution in [1.82, 2.24) is 15.1 Å². The van der Waals surface area contributed by atoms with E-state index in [1.807, 2.05) is 0 Å². The number of nitrogens with one attached hydrogen (secondary N) is 1. The van der Waals surface area contributed by atoms with Crippen LogP contribution in [0.25, 0.3) is 0 Å². The summed E-state index contributed by atoms with van der Waals surface area (Å²) in [7, 11) is 0. The number of nitrogens with zero attached hydrogens (tertiary/aromatic N) is 2. The van der Waals surface area contributed by atoms with Gasteiger partial charge in [-0.3, -0.25) is 14.4 Å². The van der Waals surface area contributed by atoms with Crippen molar-refractivity contribution in [3.63, 3.8) is 0 Å². The first kappa shape index (κ1) is 22.1. The lowest BCUT2D eigenvalue weighted by Crippen LogP contribution is -2.58. The molecule has 158 valence electrons. The van der Waals surface area contributed by atoms with Gasteiger partial charge in [0.05, 0.1) is 12.7 Å². The van der Waals surface area contributed by atoms with Crippen LogP contribution in [-0.2, 0) is 19.2 Å². The highest BCUT2D eigenvalue weighted by molar-refractivity contribution is 5.94. The van der Waals surface area contributed by atoms with E-state index in [0.29, 0.717) is 32.2 Å². The van der Waals surface area contributed by atoms with Crippen molar-refractivity contribution >= 4 is 23.7 Å². The summed E-state index contributed by atoms with van der Waals surface area (Å²) < 4.78 is 0. The second kappa shape index (κ2) is 9.30. The van der Waals surface area contributed by atoms with E-state index in [-0.39, 0.29) is 6.54 Å². The largest absolute Gasteiger partial charge is 0.480 e. The van der Waals surface area contributed by atoms with E-state index in [1.54, 1.807) is 0 Å². The van der Waals surface area contributed by atoms with Crippen molar-refractivity contribution in [2.24, 2.45) is 5.73 Å². The van der Waals surface area contributed by atoms with Crippen LogP contribution in [0.1, 0.15) is 32.6 Å². The number of carboxylic acids is 1. The summed E-state index contributed by atoms with van der Waals surface area (Å²) in [4.78, 5) is 51.6. The third-order valence-electron chi connectivity index (χ3n) is 5.26. The van der Waals surface area contributed by atoms with Gasteiger partial charge in [0.15, 0.2) is 0 Å². The Morgan fingerprint density at radius 3 is 2.21 bits per heavy atom. The number of aliphatic hydroxyl groups excluding tert-OH is 2. The van der Waals surface area contributed by atoms with E-state index < -0.39 is 60.6 Å². The summed E-state index contributed by atoms with van der Waals surface area (Å²) >= 11 is 0. The average molecular weight is 400 g/mol. The summed E-state index contributed by atoms with van der Waals surface area (Å²) in [5, 5.41) is 30.5. The third-order valence-corrected chi connectivity index (χ3v) is 5.26. The fourth-order valence-electron chi connectivity index (χ4n) is 3.64. The van der Waals surface area contributed by atoms with Crippen molar-refractivity contribution in [2.45, 2.75) is 62.9 Å². The van der Waals surface area contributed by atoms with Gasteiger partial charge >= 0.3 is 5.97 Å². The van der Waals surface area contributed by atoms with E-state index >= 15 is 0 Å². The lowest BCUT2D eigenvalue weighted by molar-refractivity contribution is -0.152. The quantitative estimate of drug-likeness (QED) is 0.305. The molecular formula is C17H28N4O7. The Balaban J connectivity index is 2.09. The van der Waals surface area contributed by atoms with Gasteiger partial charge in [-0.2, -0.15) is 0 Å². The molecule has 0 aromatic carbocycles. The number of hydrogen-bond acceptors (Lipinski definition) is 7. The van der Waals surface area contributed by atoms with Crippen molar-refractivity contribution in [1.29, 1.82) is 0 Å². The van der Waals surface area contributed by atoms with Crippen LogP contribution in [-0.4, -0.2) is 98.8 Å². The smallest absolute Gasteiger partial charge is 0.326 e. The first-order valence-corrected chi connectivity index (χ1v) is 9.37. The minimum Gasteiger partial charge on any atom is -0.480 e. The third kappa shape index (κ3) is 4.59. The molecule has 2 rings (SSSR count). The molecule has 2 heterocycles. The maximum Gasteiger partial charge on any atom is 0.326 e. The molecule has 0 aliphatic carbocycles. The molecular weight excluding hydrogens is 372 g/mol. The van der Waals surface area contributed by atoms with Crippen molar-refractivity contribution in [3.05, 3.63) is 0 Å². The van der Waals surface area contributed by atoms with Gasteiger partial charge in [-0.25, -0.2) is 4.79 Å². The van der Waals surface area contributed by atoms with Gasteiger partial charge in [0.2, 0.25) is 17.7 Å². The van der Waals surface area contributed by atoms with E-state index in [9.17, 15) is 34.5 Å². The molecule has 2 aliphatic heterocycles. The zero-order valence-corrected chi connectivity index (χ0v) is 15.8. The molecule has 3 amide bonds. The van der Waals surface area contributed by atoms with Crippen LogP contribution >= 0.6 is 0 Å². The van der Waals surface area contributed by atoms with E-state index in [0.717, 1.165) is 0 Å². The molecule has 5 atom stereocenters. The second-order valence-electron chi connectivity index (χ2n) is 7.23. The molecule has 2 aliphatic rings. The van der Waals surface area contributed by atoms with Crippen molar-refractivity contribution in [3.8, 4) is 0 Å². The predicted octanol–water partition coefficient (Wildman–Crippen LogP) is -2.76. The van der Waals surface area contributed by atoms with Gasteiger partial charge in [-0.05, 0) is 32.6 Å². The standard InChI is InChI=1S/C17H28N4O7/c1-9(23)13(18)14(24)19-10(8-22)15(25)20-6-2-4-11(20)16(26)21-7-3-5-12(21)17(27)28/h9-13,22-23H,2-8,18H2,1H3,(H,19,24)(H,27,28). The fourth-order valence-corrected chi connectivity index (χ4v) is 3.64. The lowest BCUT2D eigenvalue weighted by Gasteiger charge is -2.32. The van der Waals surface area contributed by atoms with Crippen LogP contribution in [0, 0.1) is 0 Å². The maximum absolute atomic E-state index is 12.9. The highest BCUT2D eigenvalue weighted by Gasteiger charge is 2.43.